The first-order valence-corrected chi connectivity index (χ1v) is 13.4. The van der Waals surface area contributed by atoms with Crippen LogP contribution in [0.1, 0.15) is 92.8 Å². The van der Waals surface area contributed by atoms with E-state index in [-0.39, 0.29) is 47.0 Å². The average Bonchev–Trinajstić information content (AvgIpc) is 3.34. The van der Waals surface area contributed by atoms with Crippen LogP contribution in [0.4, 0.5) is 0 Å². The van der Waals surface area contributed by atoms with Crippen molar-refractivity contribution in [2.45, 2.75) is 91.0 Å². The highest BCUT2D eigenvalue weighted by Crippen LogP contribution is 2.33. The van der Waals surface area contributed by atoms with Crippen LogP contribution in [0.3, 0.4) is 0 Å². The van der Waals surface area contributed by atoms with Gasteiger partial charge in [-0.1, -0.05) is 52.0 Å². The summed E-state index contributed by atoms with van der Waals surface area (Å²) in [4.78, 5) is 27.3. The molecule has 0 heterocycles. The molecule has 2 aromatic carbocycles. The topological polar surface area (TPSA) is 99.1 Å². The number of phenolic OH excluding ortho intramolecular Hbond substituents is 2. The molecule has 2 aromatic rings. The highest BCUT2D eigenvalue weighted by Gasteiger charge is 2.26. The van der Waals surface area contributed by atoms with Crippen LogP contribution in [0.2, 0.25) is 0 Å². The van der Waals surface area contributed by atoms with Crippen LogP contribution in [-0.4, -0.2) is 46.2 Å². The number of carbonyl (C=O) groups is 2. The van der Waals surface area contributed by atoms with E-state index in [1.54, 1.807) is 18.0 Å². The summed E-state index contributed by atoms with van der Waals surface area (Å²) >= 11 is 0. The third kappa shape index (κ3) is 7.96. The van der Waals surface area contributed by atoms with Gasteiger partial charge in [-0.2, -0.15) is 0 Å². The van der Waals surface area contributed by atoms with Crippen molar-refractivity contribution < 1.29 is 24.5 Å². The van der Waals surface area contributed by atoms with Gasteiger partial charge in [-0.15, -0.1) is 0 Å². The summed E-state index contributed by atoms with van der Waals surface area (Å²) in [7, 11) is 1.69. The number of aromatic hydroxyl groups is 2. The lowest BCUT2D eigenvalue weighted by molar-refractivity contribution is -0.151. The van der Waals surface area contributed by atoms with Crippen molar-refractivity contribution in [2.24, 2.45) is 5.92 Å². The van der Waals surface area contributed by atoms with Crippen LogP contribution in [-0.2, 0) is 22.6 Å². The van der Waals surface area contributed by atoms with E-state index in [9.17, 15) is 19.8 Å². The van der Waals surface area contributed by atoms with E-state index in [2.05, 4.69) is 19.2 Å². The fourth-order valence-corrected chi connectivity index (χ4v) is 4.77. The molecule has 202 valence electrons. The van der Waals surface area contributed by atoms with Gasteiger partial charge in [-0.3, -0.25) is 9.59 Å². The summed E-state index contributed by atoms with van der Waals surface area (Å²) in [5.74, 6) is -0.337. The first kappa shape index (κ1) is 28.5. The summed E-state index contributed by atoms with van der Waals surface area (Å²) in [6.45, 7) is 8.96. The van der Waals surface area contributed by atoms with Gasteiger partial charge in [0.05, 0.1) is 5.56 Å². The van der Waals surface area contributed by atoms with Gasteiger partial charge in [-0.25, -0.2) is 0 Å². The SMILES string of the molecule is CC(C)CC(NCc1ccc(CN(C)C(=O)c2cc(C(C)C)c(O)cc2O)cc1)C(=O)OC1CCCC1. The number of carbonyl (C=O) groups excluding carboxylic acids is 2. The molecule has 1 atom stereocenters. The van der Waals surface area contributed by atoms with Gasteiger partial charge in [0.15, 0.2) is 0 Å². The Hall–Kier alpha value is -3.06. The predicted molar refractivity (Wildman–Crippen MR) is 145 cm³/mol. The van der Waals surface area contributed by atoms with Gasteiger partial charge in [0.2, 0.25) is 0 Å². The van der Waals surface area contributed by atoms with Gasteiger partial charge in [-0.05, 0) is 66.7 Å². The van der Waals surface area contributed by atoms with Gasteiger partial charge >= 0.3 is 5.97 Å². The smallest absolute Gasteiger partial charge is 0.323 e. The molecular weight excluding hydrogens is 468 g/mol. The maximum atomic E-state index is 13.0. The lowest BCUT2D eigenvalue weighted by Crippen LogP contribution is -2.40. The molecule has 0 aromatic heterocycles. The second-order valence-corrected chi connectivity index (χ2v) is 11.0. The zero-order valence-electron chi connectivity index (χ0n) is 22.8. The number of esters is 1. The third-order valence-corrected chi connectivity index (χ3v) is 6.92. The Labute approximate surface area is 220 Å². The van der Waals surface area contributed by atoms with Crippen molar-refractivity contribution in [3.05, 3.63) is 58.7 Å². The number of hydrogen-bond donors (Lipinski definition) is 3. The van der Waals surface area contributed by atoms with E-state index in [1.807, 2.05) is 38.1 Å². The number of nitrogens with zero attached hydrogens (tertiary/aromatic N) is 1. The normalized spacial score (nSPS) is 14.8. The monoisotopic (exact) mass is 510 g/mol. The Morgan fingerprint density at radius 2 is 1.62 bits per heavy atom. The Morgan fingerprint density at radius 3 is 2.22 bits per heavy atom. The predicted octanol–water partition coefficient (Wildman–Crippen LogP) is 5.48. The molecule has 1 saturated carbocycles. The molecule has 1 aliphatic carbocycles. The molecule has 1 fully saturated rings. The van der Waals surface area contributed by atoms with E-state index in [0.29, 0.717) is 24.6 Å². The molecule has 1 unspecified atom stereocenters. The molecular formula is C30H42N2O5. The summed E-state index contributed by atoms with van der Waals surface area (Å²) < 4.78 is 5.75. The Balaban J connectivity index is 1.59. The van der Waals surface area contributed by atoms with Gasteiger partial charge in [0.25, 0.3) is 5.91 Å². The molecule has 0 saturated heterocycles. The average molecular weight is 511 g/mol. The fraction of sp³-hybridized carbons (Fsp3) is 0.533. The first-order chi connectivity index (χ1) is 17.5. The second-order valence-electron chi connectivity index (χ2n) is 11.0. The number of ether oxygens (including phenoxy) is 1. The minimum Gasteiger partial charge on any atom is -0.508 e. The molecule has 0 bridgehead atoms. The maximum absolute atomic E-state index is 13.0. The number of phenols is 2. The Bertz CT molecular complexity index is 1060. The van der Waals surface area contributed by atoms with Crippen molar-refractivity contribution >= 4 is 11.9 Å². The largest absolute Gasteiger partial charge is 0.508 e. The summed E-state index contributed by atoms with van der Waals surface area (Å²) in [5.41, 5.74) is 2.78. The molecule has 37 heavy (non-hydrogen) atoms. The van der Waals surface area contributed by atoms with Crippen LogP contribution >= 0.6 is 0 Å². The standard InChI is InChI=1S/C30H42N2O5/c1-19(2)14-26(30(36)37-23-8-6-7-9-23)31-17-21-10-12-22(13-11-21)18-32(5)29(35)25-15-24(20(3)4)27(33)16-28(25)34/h10-13,15-16,19-20,23,26,31,33-34H,6-9,14,17-18H2,1-5H3. The van der Waals surface area contributed by atoms with E-state index in [1.165, 1.54) is 6.07 Å². The van der Waals surface area contributed by atoms with Gasteiger partial charge in [0.1, 0.15) is 23.6 Å². The molecule has 7 nitrogen and oxygen atoms in total. The van der Waals surface area contributed by atoms with Crippen LogP contribution in [0, 0.1) is 5.92 Å². The lowest BCUT2D eigenvalue weighted by atomic mass is 9.98. The fourth-order valence-electron chi connectivity index (χ4n) is 4.77. The summed E-state index contributed by atoms with van der Waals surface area (Å²) in [5, 5.41) is 23.7. The molecule has 0 aliphatic heterocycles. The molecule has 3 rings (SSSR count). The van der Waals surface area contributed by atoms with Crippen LogP contribution in [0.25, 0.3) is 0 Å². The number of hydrogen-bond acceptors (Lipinski definition) is 6. The molecule has 0 radical (unpaired) electrons. The zero-order chi connectivity index (χ0) is 27.1. The minimum atomic E-state index is -0.335. The highest BCUT2D eigenvalue weighted by molar-refractivity contribution is 5.97. The number of nitrogens with one attached hydrogen (secondary N) is 1. The van der Waals surface area contributed by atoms with Gasteiger partial charge < -0.3 is 25.2 Å². The van der Waals surface area contributed by atoms with E-state index < -0.39 is 0 Å². The van der Waals surface area contributed by atoms with Gasteiger partial charge in [0, 0.05) is 26.2 Å². The van der Waals surface area contributed by atoms with E-state index in [0.717, 1.165) is 43.2 Å². The van der Waals surface area contributed by atoms with Crippen LogP contribution < -0.4 is 5.32 Å². The lowest BCUT2D eigenvalue weighted by Gasteiger charge is -2.22. The number of amides is 1. The van der Waals surface area contributed by atoms with Crippen molar-refractivity contribution in [3.63, 3.8) is 0 Å². The minimum absolute atomic E-state index is 0.0154. The van der Waals surface area contributed by atoms with Crippen LogP contribution in [0.5, 0.6) is 11.5 Å². The Kier molecular flexibility index (Phi) is 9.98. The Morgan fingerprint density at radius 1 is 1.00 bits per heavy atom. The molecule has 7 heteroatoms. The van der Waals surface area contributed by atoms with Crippen LogP contribution in [0.15, 0.2) is 36.4 Å². The maximum Gasteiger partial charge on any atom is 0.323 e. The van der Waals surface area contributed by atoms with Crippen molar-refractivity contribution in [1.29, 1.82) is 0 Å². The van der Waals surface area contributed by atoms with E-state index in [4.69, 9.17) is 4.74 Å². The quantitative estimate of drug-likeness (QED) is 0.346. The third-order valence-electron chi connectivity index (χ3n) is 6.92. The second kappa shape index (κ2) is 13.0. The van der Waals surface area contributed by atoms with Crippen molar-refractivity contribution in [3.8, 4) is 11.5 Å². The summed E-state index contributed by atoms with van der Waals surface area (Å²) in [6, 6.07) is 10.4. The van der Waals surface area contributed by atoms with E-state index >= 15 is 0 Å². The highest BCUT2D eigenvalue weighted by atomic mass is 16.5. The number of rotatable bonds is 11. The molecule has 0 spiro atoms. The number of benzene rings is 2. The first-order valence-electron chi connectivity index (χ1n) is 13.4. The van der Waals surface area contributed by atoms with Crippen molar-refractivity contribution in [1.82, 2.24) is 10.2 Å². The summed E-state index contributed by atoms with van der Waals surface area (Å²) in [6.07, 6.45) is 4.96. The zero-order valence-corrected chi connectivity index (χ0v) is 22.8. The molecule has 1 aliphatic rings. The molecule has 3 N–H and O–H groups in total. The van der Waals surface area contributed by atoms with Crippen molar-refractivity contribution in [2.75, 3.05) is 7.05 Å². The molecule has 1 amide bonds.